The van der Waals surface area contributed by atoms with Crippen molar-refractivity contribution in [3.05, 3.63) is 22.7 Å². The summed E-state index contributed by atoms with van der Waals surface area (Å²) in [7, 11) is 3.36. The van der Waals surface area contributed by atoms with Crippen molar-refractivity contribution >= 4 is 17.3 Å². The van der Waals surface area contributed by atoms with Gasteiger partial charge in [-0.1, -0.05) is 5.16 Å². The van der Waals surface area contributed by atoms with Crippen LogP contribution in [0.15, 0.2) is 21.3 Å². The van der Waals surface area contributed by atoms with Crippen molar-refractivity contribution in [2.75, 3.05) is 20.7 Å². The van der Waals surface area contributed by atoms with Crippen molar-refractivity contribution in [3.63, 3.8) is 0 Å². The molecule has 0 bridgehead atoms. The smallest absolute Gasteiger partial charge is 0.305 e. The number of thiophene rings is 1. The Kier molecular flexibility index (Phi) is 5.25. The van der Waals surface area contributed by atoms with Gasteiger partial charge >= 0.3 is 5.97 Å². The van der Waals surface area contributed by atoms with Gasteiger partial charge in [0.25, 0.3) is 5.89 Å². The number of carbonyl (C=O) groups is 1. The number of hydrogen-bond acceptors (Lipinski definition) is 7. The van der Waals surface area contributed by atoms with Gasteiger partial charge in [-0.2, -0.15) is 16.3 Å². The number of nitrogens with zero attached hydrogens (tertiary/aromatic N) is 3. The maximum absolute atomic E-state index is 11.0. The number of carbonyl (C=O) groups excluding carboxylic acids is 1. The maximum Gasteiger partial charge on any atom is 0.305 e. The summed E-state index contributed by atoms with van der Waals surface area (Å²) in [5, 5.41) is 7.90. The summed E-state index contributed by atoms with van der Waals surface area (Å²) in [5.74, 6) is 1.01. The fraction of sp³-hybridized carbons (Fsp3) is 0.462. The van der Waals surface area contributed by atoms with Crippen molar-refractivity contribution in [3.8, 4) is 11.5 Å². The molecular formula is C13H17N3O3S. The first-order valence-corrected chi connectivity index (χ1v) is 7.24. The van der Waals surface area contributed by atoms with E-state index in [9.17, 15) is 4.79 Å². The molecule has 0 radical (unpaired) electrons. The standard InChI is InChI=1S/C13H17N3O3S/c1-16(6-3-4-12(17)18-2)8-11-14-13(19-15-11)10-5-7-20-9-10/h5,7,9H,3-4,6,8H2,1-2H3. The van der Waals surface area contributed by atoms with Crippen molar-refractivity contribution in [2.45, 2.75) is 19.4 Å². The monoisotopic (exact) mass is 295 g/mol. The zero-order valence-electron chi connectivity index (χ0n) is 11.5. The Labute approximate surface area is 121 Å². The van der Waals surface area contributed by atoms with Gasteiger partial charge in [0.2, 0.25) is 0 Å². The second kappa shape index (κ2) is 7.16. The van der Waals surface area contributed by atoms with E-state index in [1.54, 1.807) is 11.3 Å². The number of aromatic nitrogens is 2. The molecule has 2 heterocycles. The summed E-state index contributed by atoms with van der Waals surface area (Å²) in [6.45, 7) is 1.37. The Hall–Kier alpha value is -1.73. The summed E-state index contributed by atoms with van der Waals surface area (Å²) in [4.78, 5) is 17.4. The van der Waals surface area contributed by atoms with Gasteiger partial charge in [-0.15, -0.1) is 0 Å². The molecule has 108 valence electrons. The van der Waals surface area contributed by atoms with Crippen LogP contribution in [0.2, 0.25) is 0 Å². The second-order valence-corrected chi connectivity index (χ2v) is 5.23. The molecule has 0 aliphatic carbocycles. The van der Waals surface area contributed by atoms with Crippen molar-refractivity contribution in [1.82, 2.24) is 15.0 Å². The maximum atomic E-state index is 11.0. The highest BCUT2D eigenvalue weighted by Gasteiger charge is 2.11. The van der Waals surface area contributed by atoms with Crippen molar-refractivity contribution < 1.29 is 14.1 Å². The van der Waals surface area contributed by atoms with E-state index in [0.717, 1.165) is 18.5 Å². The van der Waals surface area contributed by atoms with E-state index in [1.807, 2.05) is 28.8 Å². The number of methoxy groups -OCH3 is 1. The minimum absolute atomic E-state index is 0.183. The molecule has 20 heavy (non-hydrogen) atoms. The van der Waals surface area contributed by atoms with E-state index < -0.39 is 0 Å². The summed E-state index contributed by atoms with van der Waals surface area (Å²) < 4.78 is 9.81. The lowest BCUT2D eigenvalue weighted by Gasteiger charge is -2.13. The number of hydrogen-bond donors (Lipinski definition) is 0. The van der Waals surface area contributed by atoms with Gasteiger partial charge in [-0.3, -0.25) is 9.69 Å². The van der Waals surface area contributed by atoms with Crippen LogP contribution < -0.4 is 0 Å². The number of rotatable bonds is 7. The fourth-order valence-corrected chi connectivity index (χ4v) is 2.37. The van der Waals surface area contributed by atoms with Crippen LogP contribution in [0.25, 0.3) is 11.5 Å². The van der Waals surface area contributed by atoms with E-state index in [2.05, 4.69) is 14.9 Å². The van der Waals surface area contributed by atoms with Crippen LogP contribution in [0.4, 0.5) is 0 Å². The molecule has 0 saturated carbocycles. The van der Waals surface area contributed by atoms with E-state index >= 15 is 0 Å². The molecule has 0 aliphatic rings. The van der Waals surface area contributed by atoms with Crippen LogP contribution in [-0.4, -0.2) is 41.7 Å². The topological polar surface area (TPSA) is 68.5 Å². The fourth-order valence-electron chi connectivity index (χ4n) is 1.74. The van der Waals surface area contributed by atoms with Gasteiger partial charge in [0, 0.05) is 11.8 Å². The molecule has 0 unspecified atom stereocenters. The summed E-state index contributed by atoms with van der Waals surface area (Å²) >= 11 is 1.59. The molecule has 7 heteroatoms. The summed E-state index contributed by atoms with van der Waals surface area (Å²) in [6, 6.07) is 1.95. The molecule has 0 aliphatic heterocycles. The molecule has 2 aromatic rings. The van der Waals surface area contributed by atoms with Crippen molar-refractivity contribution in [2.24, 2.45) is 0 Å². The van der Waals surface area contributed by atoms with Crippen LogP contribution in [0.3, 0.4) is 0 Å². The largest absolute Gasteiger partial charge is 0.469 e. The Morgan fingerprint density at radius 1 is 1.55 bits per heavy atom. The van der Waals surface area contributed by atoms with E-state index in [4.69, 9.17) is 4.52 Å². The highest BCUT2D eigenvalue weighted by atomic mass is 32.1. The molecule has 0 spiro atoms. The zero-order valence-corrected chi connectivity index (χ0v) is 12.4. The van der Waals surface area contributed by atoms with Gasteiger partial charge in [-0.25, -0.2) is 0 Å². The molecule has 0 N–H and O–H groups in total. The third-order valence-electron chi connectivity index (χ3n) is 2.80. The summed E-state index contributed by atoms with van der Waals surface area (Å²) in [6.07, 6.45) is 1.17. The predicted octanol–water partition coefficient (Wildman–Crippen LogP) is 2.18. The normalized spacial score (nSPS) is 10.9. The van der Waals surface area contributed by atoms with E-state index in [-0.39, 0.29) is 5.97 Å². The van der Waals surface area contributed by atoms with Gasteiger partial charge in [0.05, 0.1) is 19.2 Å². The first kappa shape index (κ1) is 14.7. The minimum Gasteiger partial charge on any atom is -0.469 e. The van der Waals surface area contributed by atoms with Crippen LogP contribution >= 0.6 is 11.3 Å². The third kappa shape index (κ3) is 4.14. The van der Waals surface area contributed by atoms with Crippen LogP contribution in [-0.2, 0) is 16.1 Å². The molecule has 2 rings (SSSR count). The van der Waals surface area contributed by atoms with Crippen LogP contribution in [0.5, 0.6) is 0 Å². The van der Waals surface area contributed by atoms with E-state index in [0.29, 0.717) is 24.7 Å². The third-order valence-corrected chi connectivity index (χ3v) is 3.48. The first-order valence-electron chi connectivity index (χ1n) is 6.29. The molecule has 0 atom stereocenters. The highest BCUT2D eigenvalue weighted by Crippen LogP contribution is 2.20. The lowest BCUT2D eigenvalue weighted by molar-refractivity contribution is -0.140. The molecule has 6 nitrogen and oxygen atoms in total. The molecular weight excluding hydrogens is 278 g/mol. The predicted molar refractivity (Wildman–Crippen MR) is 75.2 cm³/mol. The first-order chi connectivity index (χ1) is 9.69. The Morgan fingerprint density at radius 3 is 3.10 bits per heavy atom. The highest BCUT2D eigenvalue weighted by molar-refractivity contribution is 7.08. The minimum atomic E-state index is -0.183. The Balaban J connectivity index is 1.80. The average molecular weight is 295 g/mol. The molecule has 0 saturated heterocycles. The quantitative estimate of drug-likeness (QED) is 0.729. The molecule has 0 amide bonds. The lowest BCUT2D eigenvalue weighted by atomic mass is 10.3. The SMILES string of the molecule is COC(=O)CCCN(C)Cc1noc(-c2ccsc2)n1. The van der Waals surface area contributed by atoms with Crippen LogP contribution in [0.1, 0.15) is 18.7 Å². The number of esters is 1. The van der Waals surface area contributed by atoms with Gasteiger partial charge in [0.1, 0.15) is 0 Å². The summed E-state index contributed by atoms with van der Waals surface area (Å²) in [5.41, 5.74) is 0.946. The van der Waals surface area contributed by atoms with Gasteiger partial charge in [-0.05, 0) is 31.5 Å². The molecule has 0 fully saturated rings. The van der Waals surface area contributed by atoms with Gasteiger partial charge in [0.15, 0.2) is 5.82 Å². The Morgan fingerprint density at radius 2 is 2.40 bits per heavy atom. The Bertz CT molecular complexity index is 539. The second-order valence-electron chi connectivity index (χ2n) is 4.45. The van der Waals surface area contributed by atoms with Crippen molar-refractivity contribution in [1.29, 1.82) is 0 Å². The van der Waals surface area contributed by atoms with Gasteiger partial charge < -0.3 is 9.26 Å². The van der Waals surface area contributed by atoms with Crippen LogP contribution in [0, 0.1) is 0 Å². The average Bonchev–Trinajstić information content (AvgIpc) is 3.08. The number of ether oxygens (including phenoxy) is 1. The molecule has 0 aromatic carbocycles. The lowest BCUT2D eigenvalue weighted by Crippen LogP contribution is -2.20. The zero-order chi connectivity index (χ0) is 14.4. The molecule has 2 aromatic heterocycles. The van der Waals surface area contributed by atoms with E-state index in [1.165, 1.54) is 7.11 Å².